The number of imide groups is 1. The monoisotopic (exact) mass is 469 g/mol. The Morgan fingerprint density at radius 1 is 1.18 bits per heavy atom. The molecule has 0 saturated carbocycles. The lowest BCUT2D eigenvalue weighted by Gasteiger charge is -2.13. The maximum atomic E-state index is 12.5. The maximum absolute atomic E-state index is 12.5. The van der Waals surface area contributed by atoms with Gasteiger partial charge in [0.05, 0.1) is 11.2 Å². The van der Waals surface area contributed by atoms with Crippen LogP contribution in [0.4, 0.5) is 4.79 Å². The number of imidazole rings is 1. The molecule has 3 aromatic heterocycles. The summed E-state index contributed by atoms with van der Waals surface area (Å²) in [7, 11) is 2.83. The zero-order valence-corrected chi connectivity index (χ0v) is 18.5. The van der Waals surface area contributed by atoms with Crippen LogP contribution in [0.2, 0.25) is 0 Å². The van der Waals surface area contributed by atoms with Crippen molar-refractivity contribution < 1.29 is 14.4 Å². The van der Waals surface area contributed by atoms with Crippen molar-refractivity contribution in [3.63, 3.8) is 0 Å². The molecule has 33 heavy (non-hydrogen) atoms. The fourth-order valence-corrected chi connectivity index (χ4v) is 4.21. The molecule has 0 unspecified atom stereocenters. The van der Waals surface area contributed by atoms with Crippen molar-refractivity contribution in [3.05, 3.63) is 62.2 Å². The van der Waals surface area contributed by atoms with Gasteiger partial charge in [0, 0.05) is 39.6 Å². The van der Waals surface area contributed by atoms with E-state index in [1.54, 1.807) is 30.6 Å². The second kappa shape index (κ2) is 8.86. The minimum atomic E-state index is -0.559. The van der Waals surface area contributed by atoms with Crippen molar-refractivity contribution in [2.45, 2.75) is 6.54 Å². The lowest BCUT2D eigenvalue weighted by molar-refractivity contribution is -0.124. The quantitative estimate of drug-likeness (QED) is 0.484. The summed E-state index contributed by atoms with van der Waals surface area (Å²) in [6.07, 6.45) is 6.09. The number of aryl methyl sites for hydroxylation is 1. The van der Waals surface area contributed by atoms with Crippen molar-refractivity contribution in [1.29, 1.82) is 0 Å². The van der Waals surface area contributed by atoms with E-state index in [2.05, 4.69) is 15.3 Å². The summed E-state index contributed by atoms with van der Waals surface area (Å²) in [6.45, 7) is -0.172. The summed E-state index contributed by atoms with van der Waals surface area (Å²) in [6, 6.07) is 3.50. The second-order valence-electron chi connectivity index (χ2n) is 7.22. The Morgan fingerprint density at radius 3 is 2.70 bits per heavy atom. The van der Waals surface area contributed by atoms with Crippen LogP contribution in [0.25, 0.3) is 17.2 Å². The Hall–Kier alpha value is -4.00. The highest BCUT2D eigenvalue weighted by molar-refractivity contribution is 8.18. The molecular weight excluding hydrogens is 450 g/mol. The number of nitrogens with one attached hydrogen (secondary N) is 1. The lowest BCUT2D eigenvalue weighted by Crippen LogP contribution is -2.39. The van der Waals surface area contributed by atoms with Crippen molar-refractivity contribution >= 4 is 46.1 Å². The number of carbonyl (C=O) groups excluding carboxylic acids is 3. The first kappa shape index (κ1) is 22.2. The van der Waals surface area contributed by atoms with Gasteiger partial charge in [0.15, 0.2) is 11.2 Å². The Bertz CT molecular complexity index is 1420. The zero-order valence-electron chi connectivity index (χ0n) is 17.7. The minimum absolute atomic E-state index is 0.00172. The molecule has 1 fully saturated rings. The van der Waals surface area contributed by atoms with Crippen LogP contribution in [-0.4, -0.2) is 58.7 Å². The smallest absolute Gasteiger partial charge is 0.332 e. The van der Waals surface area contributed by atoms with Gasteiger partial charge in [-0.25, -0.2) is 9.78 Å². The largest absolute Gasteiger partial charge is 0.353 e. The average molecular weight is 469 g/mol. The Morgan fingerprint density at radius 2 is 1.97 bits per heavy atom. The van der Waals surface area contributed by atoms with Crippen LogP contribution in [0.1, 0.15) is 5.56 Å². The number of pyridine rings is 1. The van der Waals surface area contributed by atoms with Gasteiger partial charge in [0.1, 0.15) is 6.54 Å². The molecule has 0 spiro atoms. The molecule has 0 aromatic carbocycles. The number of amides is 3. The van der Waals surface area contributed by atoms with Crippen LogP contribution in [0, 0.1) is 0 Å². The second-order valence-corrected chi connectivity index (χ2v) is 8.21. The number of fused-ring (bicyclic) bond motifs is 1. The topological polar surface area (TPSA) is 141 Å². The van der Waals surface area contributed by atoms with E-state index in [1.165, 1.54) is 29.6 Å². The highest BCUT2D eigenvalue weighted by Crippen LogP contribution is 2.31. The molecule has 0 atom stereocenters. The van der Waals surface area contributed by atoms with Crippen molar-refractivity contribution in [1.82, 2.24) is 33.9 Å². The fraction of sp³-hybridized carbons (Fsp3) is 0.250. The molecule has 1 aliphatic rings. The fourth-order valence-electron chi connectivity index (χ4n) is 3.34. The van der Waals surface area contributed by atoms with Crippen LogP contribution in [-0.2, 0) is 30.2 Å². The highest BCUT2D eigenvalue weighted by Gasteiger charge is 2.34. The number of hydrogen-bond donors (Lipinski definition) is 1. The van der Waals surface area contributed by atoms with Gasteiger partial charge in [-0.05, 0) is 29.5 Å². The predicted molar refractivity (Wildman–Crippen MR) is 120 cm³/mol. The maximum Gasteiger partial charge on any atom is 0.332 e. The first-order valence-corrected chi connectivity index (χ1v) is 10.6. The molecule has 0 radical (unpaired) electrons. The van der Waals surface area contributed by atoms with Gasteiger partial charge < -0.3 is 9.88 Å². The van der Waals surface area contributed by atoms with E-state index in [4.69, 9.17) is 0 Å². The SMILES string of the molecule is Cn1c(=O)c2c(ncn2CC(=O)NCCN2C(=O)S/C(=C\c3cccnc3)C2=O)n(C)c1=O. The lowest BCUT2D eigenvalue weighted by atomic mass is 10.2. The van der Waals surface area contributed by atoms with Gasteiger partial charge in [-0.1, -0.05) is 6.07 Å². The predicted octanol–water partition coefficient (Wildman–Crippen LogP) is -0.319. The van der Waals surface area contributed by atoms with Gasteiger partial charge >= 0.3 is 5.69 Å². The van der Waals surface area contributed by atoms with Crippen molar-refractivity contribution in [3.8, 4) is 0 Å². The summed E-state index contributed by atoms with van der Waals surface area (Å²) in [4.78, 5) is 71.0. The summed E-state index contributed by atoms with van der Waals surface area (Å²) in [5, 5.41) is 2.21. The van der Waals surface area contributed by atoms with Crippen LogP contribution in [0.3, 0.4) is 0 Å². The molecular formula is C20H19N7O5S. The summed E-state index contributed by atoms with van der Waals surface area (Å²) >= 11 is 0.827. The summed E-state index contributed by atoms with van der Waals surface area (Å²) in [5.41, 5.74) is -0.0727. The van der Waals surface area contributed by atoms with Crippen LogP contribution in [0.15, 0.2) is 45.3 Å². The van der Waals surface area contributed by atoms with Crippen LogP contribution < -0.4 is 16.6 Å². The van der Waals surface area contributed by atoms with Gasteiger partial charge in [-0.3, -0.25) is 38.2 Å². The Labute approximate surface area is 190 Å². The third-order valence-corrected chi connectivity index (χ3v) is 5.95. The number of hydrogen-bond acceptors (Lipinski definition) is 8. The first-order valence-electron chi connectivity index (χ1n) is 9.81. The van der Waals surface area contributed by atoms with Crippen LogP contribution >= 0.6 is 11.8 Å². The number of thioether (sulfide) groups is 1. The Kier molecular flexibility index (Phi) is 5.96. The van der Waals surface area contributed by atoms with E-state index >= 15 is 0 Å². The zero-order chi connectivity index (χ0) is 23.7. The van der Waals surface area contributed by atoms with E-state index in [-0.39, 0.29) is 35.7 Å². The minimum Gasteiger partial charge on any atom is -0.353 e. The number of carbonyl (C=O) groups is 3. The van der Waals surface area contributed by atoms with Crippen molar-refractivity contribution in [2.24, 2.45) is 14.1 Å². The van der Waals surface area contributed by atoms with Gasteiger partial charge in [0.2, 0.25) is 5.91 Å². The molecule has 4 rings (SSSR count). The van der Waals surface area contributed by atoms with Gasteiger partial charge in [0.25, 0.3) is 16.7 Å². The molecule has 12 nitrogen and oxygen atoms in total. The summed E-state index contributed by atoms with van der Waals surface area (Å²) < 4.78 is 3.52. The summed E-state index contributed by atoms with van der Waals surface area (Å²) in [5.74, 6) is -0.879. The van der Waals surface area contributed by atoms with E-state index < -0.39 is 28.3 Å². The Balaban J connectivity index is 1.39. The van der Waals surface area contributed by atoms with Crippen LogP contribution in [0.5, 0.6) is 0 Å². The molecule has 3 aromatic rings. The van der Waals surface area contributed by atoms with E-state index in [0.29, 0.717) is 5.56 Å². The standard InChI is InChI=1S/C20H19N7O5S/c1-24-16-15(18(30)25(2)19(24)31)26(11-23-16)10-14(28)22-6-7-27-17(29)13(33-20(27)32)8-12-4-3-5-21-9-12/h3-5,8-9,11H,6-7,10H2,1-2H3,(H,22,28)/b13-8-. The molecule has 13 heteroatoms. The van der Waals surface area contributed by atoms with Gasteiger partial charge in [-0.15, -0.1) is 0 Å². The number of aromatic nitrogens is 5. The molecule has 1 N–H and O–H groups in total. The number of nitrogens with zero attached hydrogens (tertiary/aromatic N) is 6. The molecule has 3 amide bonds. The highest BCUT2D eigenvalue weighted by atomic mass is 32.2. The molecule has 4 heterocycles. The average Bonchev–Trinajstić information content (AvgIpc) is 3.33. The molecule has 0 aliphatic carbocycles. The molecule has 170 valence electrons. The molecule has 1 aliphatic heterocycles. The normalized spacial score (nSPS) is 15.1. The van der Waals surface area contributed by atoms with E-state index in [1.807, 2.05) is 0 Å². The third kappa shape index (κ3) is 4.22. The number of rotatable bonds is 6. The molecule has 1 saturated heterocycles. The first-order chi connectivity index (χ1) is 15.8. The van der Waals surface area contributed by atoms with Gasteiger partial charge in [-0.2, -0.15) is 0 Å². The van der Waals surface area contributed by atoms with E-state index in [9.17, 15) is 24.0 Å². The molecule has 0 bridgehead atoms. The third-order valence-electron chi connectivity index (χ3n) is 5.04. The van der Waals surface area contributed by atoms with Crippen molar-refractivity contribution in [2.75, 3.05) is 13.1 Å². The van der Waals surface area contributed by atoms with E-state index in [0.717, 1.165) is 21.2 Å².